The Labute approximate surface area is 141 Å². The summed E-state index contributed by atoms with van der Waals surface area (Å²) >= 11 is 0. The van der Waals surface area contributed by atoms with Gasteiger partial charge in [0.05, 0.1) is 12.1 Å². The van der Waals surface area contributed by atoms with Crippen LogP contribution >= 0.6 is 0 Å². The van der Waals surface area contributed by atoms with Gasteiger partial charge in [-0.2, -0.15) is 0 Å². The maximum Gasteiger partial charge on any atom is 0.131 e. The minimum atomic E-state index is 0.114. The number of nitrogens with one attached hydrogen (secondary N) is 1. The van der Waals surface area contributed by atoms with Crippen LogP contribution in [0.4, 0.5) is 11.5 Å². The second kappa shape index (κ2) is 6.49. The number of aromatic nitrogens is 1. The number of hydrogen-bond acceptors (Lipinski definition) is 4. The van der Waals surface area contributed by atoms with Crippen molar-refractivity contribution in [2.24, 2.45) is 0 Å². The lowest BCUT2D eigenvalue weighted by atomic mass is 10.00. The van der Waals surface area contributed by atoms with Gasteiger partial charge < -0.3 is 15.3 Å². The molecule has 0 saturated carbocycles. The van der Waals surface area contributed by atoms with Crippen molar-refractivity contribution < 1.29 is 5.11 Å². The van der Waals surface area contributed by atoms with Crippen molar-refractivity contribution in [1.82, 2.24) is 4.98 Å². The molecular weight excluding hydrogens is 298 g/mol. The van der Waals surface area contributed by atoms with Crippen LogP contribution in [0.1, 0.15) is 11.1 Å². The van der Waals surface area contributed by atoms with Crippen LogP contribution in [0.15, 0.2) is 54.6 Å². The molecule has 2 aromatic carbocycles. The zero-order valence-electron chi connectivity index (χ0n) is 13.6. The van der Waals surface area contributed by atoms with Gasteiger partial charge >= 0.3 is 0 Å². The Morgan fingerprint density at radius 1 is 1.04 bits per heavy atom. The number of rotatable bonds is 4. The molecule has 2 N–H and O–H groups in total. The van der Waals surface area contributed by atoms with Crippen molar-refractivity contribution in [3.8, 4) is 0 Å². The van der Waals surface area contributed by atoms with E-state index in [0.717, 1.165) is 41.9 Å². The molecule has 1 aliphatic rings. The number of aliphatic hydroxyl groups is 1. The van der Waals surface area contributed by atoms with Crippen molar-refractivity contribution in [3.05, 3.63) is 65.7 Å². The summed E-state index contributed by atoms with van der Waals surface area (Å²) in [6.45, 7) is 2.52. The number of benzene rings is 2. The molecule has 0 fully saturated rings. The van der Waals surface area contributed by atoms with Crippen LogP contribution in [0.25, 0.3) is 10.9 Å². The minimum absolute atomic E-state index is 0.114. The number of nitrogens with zero attached hydrogens (tertiary/aromatic N) is 2. The van der Waals surface area contributed by atoms with Crippen LogP contribution < -0.4 is 10.2 Å². The van der Waals surface area contributed by atoms with E-state index in [1.807, 2.05) is 18.2 Å². The zero-order chi connectivity index (χ0) is 16.4. The van der Waals surface area contributed by atoms with Crippen LogP contribution in [0.2, 0.25) is 0 Å². The second-order valence-corrected chi connectivity index (χ2v) is 6.14. The van der Waals surface area contributed by atoms with Gasteiger partial charge in [0.15, 0.2) is 0 Å². The molecule has 2 heterocycles. The summed E-state index contributed by atoms with van der Waals surface area (Å²) in [5, 5.41) is 13.5. The third-order valence-corrected chi connectivity index (χ3v) is 4.58. The fourth-order valence-electron chi connectivity index (χ4n) is 3.35. The first-order valence-corrected chi connectivity index (χ1v) is 8.41. The Balaban J connectivity index is 1.72. The SMILES string of the molecule is OCCNc1cc(N2CCc3ccccc3C2)nc2ccccc12. The lowest BCUT2D eigenvalue weighted by molar-refractivity contribution is 0.311. The maximum atomic E-state index is 9.14. The van der Waals surface area contributed by atoms with Crippen molar-refractivity contribution in [3.63, 3.8) is 0 Å². The van der Waals surface area contributed by atoms with Crippen molar-refractivity contribution >= 4 is 22.4 Å². The van der Waals surface area contributed by atoms with Crippen molar-refractivity contribution in [1.29, 1.82) is 0 Å². The molecule has 1 aliphatic heterocycles. The molecule has 0 spiro atoms. The third-order valence-electron chi connectivity index (χ3n) is 4.58. The van der Waals surface area contributed by atoms with Gasteiger partial charge in [-0.15, -0.1) is 0 Å². The molecule has 24 heavy (non-hydrogen) atoms. The lowest BCUT2D eigenvalue weighted by Gasteiger charge is -2.30. The molecular formula is C20H21N3O. The van der Waals surface area contributed by atoms with Gasteiger partial charge in [0.25, 0.3) is 0 Å². The van der Waals surface area contributed by atoms with Crippen molar-refractivity contribution in [2.75, 3.05) is 29.9 Å². The first-order chi connectivity index (χ1) is 11.8. The first-order valence-electron chi connectivity index (χ1n) is 8.41. The Kier molecular flexibility index (Phi) is 4.05. The lowest BCUT2D eigenvalue weighted by Crippen LogP contribution is -2.31. The fraction of sp³-hybridized carbons (Fsp3) is 0.250. The number of fused-ring (bicyclic) bond motifs is 2. The predicted octanol–water partition coefficient (Wildman–Crippen LogP) is 3.20. The van der Waals surface area contributed by atoms with E-state index in [4.69, 9.17) is 10.1 Å². The summed E-state index contributed by atoms with van der Waals surface area (Å²) in [6, 6.07) is 18.9. The molecule has 0 saturated heterocycles. The Hall–Kier alpha value is -2.59. The summed E-state index contributed by atoms with van der Waals surface area (Å²) in [6.07, 6.45) is 1.05. The summed E-state index contributed by atoms with van der Waals surface area (Å²) in [5.74, 6) is 0.989. The molecule has 0 atom stereocenters. The highest BCUT2D eigenvalue weighted by Gasteiger charge is 2.18. The summed E-state index contributed by atoms with van der Waals surface area (Å²) < 4.78 is 0. The van der Waals surface area contributed by atoms with Gasteiger partial charge in [-0.05, 0) is 23.6 Å². The molecule has 122 valence electrons. The van der Waals surface area contributed by atoms with Crippen LogP contribution in [0.5, 0.6) is 0 Å². The smallest absolute Gasteiger partial charge is 0.131 e. The molecule has 0 amide bonds. The number of aliphatic hydroxyl groups excluding tert-OH is 1. The maximum absolute atomic E-state index is 9.14. The molecule has 1 aromatic heterocycles. The molecule has 0 aliphatic carbocycles. The predicted molar refractivity (Wildman–Crippen MR) is 98.5 cm³/mol. The topological polar surface area (TPSA) is 48.4 Å². The first kappa shape index (κ1) is 15.0. The largest absolute Gasteiger partial charge is 0.395 e. The molecule has 0 bridgehead atoms. The number of anilines is 2. The van der Waals surface area contributed by atoms with Gasteiger partial charge in [0.2, 0.25) is 0 Å². The Morgan fingerprint density at radius 2 is 1.83 bits per heavy atom. The van der Waals surface area contributed by atoms with Gasteiger partial charge in [-0.25, -0.2) is 4.98 Å². The number of pyridine rings is 1. The van der Waals surface area contributed by atoms with E-state index in [2.05, 4.69) is 46.6 Å². The van der Waals surface area contributed by atoms with E-state index in [0.29, 0.717) is 6.54 Å². The van der Waals surface area contributed by atoms with Crippen LogP contribution in [0, 0.1) is 0 Å². The zero-order valence-corrected chi connectivity index (χ0v) is 13.6. The highest BCUT2D eigenvalue weighted by atomic mass is 16.3. The van der Waals surface area contributed by atoms with E-state index in [9.17, 15) is 0 Å². The van der Waals surface area contributed by atoms with Crippen LogP contribution in [-0.2, 0) is 13.0 Å². The van der Waals surface area contributed by atoms with Gasteiger partial charge in [-0.1, -0.05) is 42.5 Å². The molecule has 3 aromatic rings. The fourth-order valence-corrected chi connectivity index (χ4v) is 3.35. The Morgan fingerprint density at radius 3 is 2.71 bits per heavy atom. The summed E-state index contributed by atoms with van der Waals surface area (Å²) in [5.41, 5.74) is 4.83. The van der Waals surface area contributed by atoms with E-state index in [1.165, 1.54) is 11.1 Å². The van der Waals surface area contributed by atoms with E-state index >= 15 is 0 Å². The molecule has 4 nitrogen and oxygen atoms in total. The minimum Gasteiger partial charge on any atom is -0.395 e. The monoisotopic (exact) mass is 319 g/mol. The van der Waals surface area contributed by atoms with Gasteiger partial charge in [-0.3, -0.25) is 0 Å². The van der Waals surface area contributed by atoms with Crippen LogP contribution in [0.3, 0.4) is 0 Å². The highest BCUT2D eigenvalue weighted by molar-refractivity contribution is 5.93. The third kappa shape index (κ3) is 2.81. The summed E-state index contributed by atoms with van der Waals surface area (Å²) in [4.78, 5) is 7.20. The number of hydrogen-bond donors (Lipinski definition) is 2. The Bertz CT molecular complexity index is 862. The molecule has 4 heteroatoms. The van der Waals surface area contributed by atoms with Gasteiger partial charge in [0, 0.05) is 36.8 Å². The molecule has 0 unspecified atom stereocenters. The quantitative estimate of drug-likeness (QED) is 0.775. The average molecular weight is 319 g/mol. The average Bonchev–Trinajstić information content (AvgIpc) is 2.65. The second-order valence-electron chi connectivity index (χ2n) is 6.14. The van der Waals surface area contributed by atoms with Crippen molar-refractivity contribution in [2.45, 2.75) is 13.0 Å². The van der Waals surface area contributed by atoms with E-state index in [1.54, 1.807) is 0 Å². The normalized spacial score (nSPS) is 13.8. The van der Waals surface area contributed by atoms with Gasteiger partial charge in [0.1, 0.15) is 5.82 Å². The molecule has 0 radical (unpaired) electrons. The molecule has 4 rings (SSSR count). The van der Waals surface area contributed by atoms with Crippen LogP contribution in [-0.4, -0.2) is 29.8 Å². The van der Waals surface area contributed by atoms with E-state index < -0.39 is 0 Å². The highest BCUT2D eigenvalue weighted by Crippen LogP contribution is 2.29. The standard InChI is InChI=1S/C20H21N3O/c24-12-10-21-19-13-20(22-18-8-4-3-7-17(18)19)23-11-9-15-5-1-2-6-16(15)14-23/h1-8,13,24H,9-12,14H2,(H,21,22). The van der Waals surface area contributed by atoms with E-state index in [-0.39, 0.29) is 6.61 Å². The summed E-state index contributed by atoms with van der Waals surface area (Å²) in [7, 11) is 0. The number of para-hydroxylation sites is 1.